The zero-order chi connectivity index (χ0) is 15.3. The quantitative estimate of drug-likeness (QED) is 0.800. The smallest absolute Gasteiger partial charge is 0.300 e. The van der Waals surface area contributed by atoms with Gasteiger partial charge in [0.25, 0.3) is 0 Å². The SMILES string of the molecule is CN1C=CC(C=O)(C2CC2)N1c1ccccc1C(F)(F)F. The zero-order valence-corrected chi connectivity index (χ0v) is 11.5. The lowest BCUT2D eigenvalue weighted by atomic mass is 9.94. The van der Waals surface area contributed by atoms with Gasteiger partial charge in [-0.05, 0) is 37.0 Å². The first-order valence-corrected chi connectivity index (χ1v) is 6.75. The van der Waals surface area contributed by atoms with Crippen LogP contribution < -0.4 is 5.01 Å². The standard InChI is InChI=1S/C15H15F3N2O/c1-19-9-8-14(10-21,11-6-7-11)20(19)13-5-3-2-4-12(13)15(16,17)18/h2-5,8-11H,6-7H2,1H3. The number of aldehydes is 1. The molecule has 0 N–H and O–H groups in total. The fourth-order valence-corrected chi connectivity index (χ4v) is 2.95. The first kappa shape index (κ1) is 14.0. The van der Waals surface area contributed by atoms with Crippen molar-refractivity contribution in [3.05, 3.63) is 42.1 Å². The van der Waals surface area contributed by atoms with Crippen LogP contribution in [-0.2, 0) is 11.0 Å². The molecule has 6 heteroatoms. The van der Waals surface area contributed by atoms with Crippen LogP contribution in [0.5, 0.6) is 0 Å². The van der Waals surface area contributed by atoms with E-state index in [1.165, 1.54) is 17.1 Å². The van der Waals surface area contributed by atoms with Crippen molar-refractivity contribution in [2.75, 3.05) is 12.1 Å². The Morgan fingerprint density at radius 2 is 1.95 bits per heavy atom. The summed E-state index contributed by atoms with van der Waals surface area (Å²) >= 11 is 0. The number of nitrogens with zero attached hydrogens (tertiary/aromatic N) is 2. The fourth-order valence-electron chi connectivity index (χ4n) is 2.95. The van der Waals surface area contributed by atoms with E-state index in [-0.39, 0.29) is 11.6 Å². The topological polar surface area (TPSA) is 23.6 Å². The second-order valence-electron chi connectivity index (χ2n) is 5.50. The van der Waals surface area contributed by atoms with Crippen LogP contribution in [0.3, 0.4) is 0 Å². The molecule has 0 radical (unpaired) electrons. The minimum absolute atomic E-state index is 0.0106. The van der Waals surface area contributed by atoms with Crippen molar-refractivity contribution in [1.29, 1.82) is 0 Å². The van der Waals surface area contributed by atoms with E-state index in [0.717, 1.165) is 25.2 Å². The summed E-state index contributed by atoms with van der Waals surface area (Å²) in [4.78, 5) is 11.7. The molecule has 0 aromatic heterocycles. The molecule has 1 atom stereocenters. The third kappa shape index (κ3) is 2.09. The summed E-state index contributed by atoms with van der Waals surface area (Å²) < 4.78 is 39.7. The normalized spacial score (nSPS) is 25.5. The maximum Gasteiger partial charge on any atom is 0.418 e. The average molecular weight is 296 g/mol. The van der Waals surface area contributed by atoms with E-state index in [2.05, 4.69) is 0 Å². The highest BCUT2D eigenvalue weighted by Gasteiger charge is 2.53. The Hall–Kier alpha value is -1.98. The summed E-state index contributed by atoms with van der Waals surface area (Å²) in [5, 5.41) is 3.01. The Labute approximate surface area is 120 Å². The van der Waals surface area contributed by atoms with Crippen molar-refractivity contribution >= 4 is 12.0 Å². The molecule has 1 heterocycles. The number of rotatable bonds is 3. The van der Waals surface area contributed by atoms with Crippen molar-refractivity contribution in [3.63, 3.8) is 0 Å². The average Bonchev–Trinajstić information content (AvgIpc) is 3.23. The zero-order valence-electron chi connectivity index (χ0n) is 11.5. The minimum atomic E-state index is -4.46. The van der Waals surface area contributed by atoms with Gasteiger partial charge in [-0.1, -0.05) is 12.1 Å². The van der Waals surface area contributed by atoms with Crippen molar-refractivity contribution in [2.45, 2.75) is 24.6 Å². The van der Waals surface area contributed by atoms with Crippen LogP contribution in [0, 0.1) is 5.92 Å². The number of carbonyl (C=O) groups excluding carboxylic acids is 1. The lowest BCUT2D eigenvalue weighted by Crippen LogP contribution is -2.53. The van der Waals surface area contributed by atoms with Gasteiger partial charge in [0.2, 0.25) is 0 Å². The molecule has 1 aliphatic heterocycles. The van der Waals surface area contributed by atoms with Gasteiger partial charge in [0, 0.05) is 13.2 Å². The summed E-state index contributed by atoms with van der Waals surface area (Å²) in [6, 6.07) is 5.37. The highest BCUT2D eigenvalue weighted by Crippen LogP contribution is 2.49. The molecule has 0 saturated heterocycles. The second kappa shape index (κ2) is 4.51. The van der Waals surface area contributed by atoms with Gasteiger partial charge in [-0.15, -0.1) is 0 Å². The predicted octanol–water partition coefficient (Wildman–Crippen LogP) is 3.23. The molecular weight excluding hydrogens is 281 g/mol. The molecule has 1 fully saturated rings. The maximum atomic E-state index is 13.2. The third-order valence-corrected chi connectivity index (χ3v) is 4.10. The molecule has 0 spiro atoms. The number of hydrogen-bond donors (Lipinski definition) is 0. The number of alkyl halides is 3. The Bertz CT molecular complexity index is 595. The molecule has 3 rings (SSSR count). The van der Waals surface area contributed by atoms with E-state index in [4.69, 9.17) is 0 Å². The maximum absolute atomic E-state index is 13.2. The van der Waals surface area contributed by atoms with Gasteiger partial charge in [0.15, 0.2) is 6.29 Å². The Balaban J connectivity index is 2.13. The highest BCUT2D eigenvalue weighted by atomic mass is 19.4. The van der Waals surface area contributed by atoms with Crippen LogP contribution in [0.2, 0.25) is 0 Å². The molecule has 1 saturated carbocycles. The lowest BCUT2D eigenvalue weighted by Gasteiger charge is -2.40. The van der Waals surface area contributed by atoms with Crippen LogP contribution in [0.15, 0.2) is 36.5 Å². The van der Waals surface area contributed by atoms with Crippen molar-refractivity contribution in [2.24, 2.45) is 5.92 Å². The van der Waals surface area contributed by atoms with Gasteiger partial charge in [-0.2, -0.15) is 13.2 Å². The number of carbonyl (C=O) groups is 1. The van der Waals surface area contributed by atoms with Crippen molar-refractivity contribution < 1.29 is 18.0 Å². The van der Waals surface area contributed by atoms with E-state index in [1.807, 2.05) is 0 Å². The van der Waals surface area contributed by atoms with E-state index in [1.54, 1.807) is 30.4 Å². The number of hydrogen-bond acceptors (Lipinski definition) is 3. The van der Waals surface area contributed by atoms with Gasteiger partial charge >= 0.3 is 6.18 Å². The molecule has 21 heavy (non-hydrogen) atoms. The summed E-state index contributed by atoms with van der Waals surface area (Å²) in [6.45, 7) is 0. The number of halogens is 3. The molecule has 1 aromatic rings. The van der Waals surface area contributed by atoms with E-state index < -0.39 is 17.3 Å². The fraction of sp³-hybridized carbons (Fsp3) is 0.400. The van der Waals surface area contributed by atoms with Crippen LogP contribution >= 0.6 is 0 Å². The molecule has 1 aliphatic carbocycles. The Kier molecular flexibility index (Phi) is 3.00. The van der Waals surface area contributed by atoms with E-state index in [9.17, 15) is 18.0 Å². The summed E-state index contributed by atoms with van der Waals surface area (Å²) in [5.41, 5.74) is -1.72. The summed E-state index contributed by atoms with van der Waals surface area (Å²) in [5.74, 6) is 0.0671. The predicted molar refractivity (Wildman–Crippen MR) is 72.3 cm³/mol. The molecule has 112 valence electrons. The summed E-state index contributed by atoms with van der Waals surface area (Å²) in [6.07, 6.45) is 1.35. The number of para-hydroxylation sites is 1. The number of hydrazine groups is 1. The Morgan fingerprint density at radius 1 is 1.29 bits per heavy atom. The van der Waals surface area contributed by atoms with Crippen LogP contribution in [0.1, 0.15) is 18.4 Å². The van der Waals surface area contributed by atoms with Gasteiger partial charge < -0.3 is 4.79 Å². The van der Waals surface area contributed by atoms with Crippen molar-refractivity contribution in [3.8, 4) is 0 Å². The van der Waals surface area contributed by atoms with Gasteiger partial charge in [-0.3, -0.25) is 10.0 Å². The van der Waals surface area contributed by atoms with E-state index >= 15 is 0 Å². The van der Waals surface area contributed by atoms with Gasteiger partial charge in [0.05, 0.1) is 11.3 Å². The molecule has 1 aromatic carbocycles. The van der Waals surface area contributed by atoms with Crippen LogP contribution in [-0.4, -0.2) is 23.9 Å². The first-order chi connectivity index (χ1) is 9.90. The lowest BCUT2D eigenvalue weighted by molar-refractivity contribution is -0.137. The largest absolute Gasteiger partial charge is 0.418 e. The monoisotopic (exact) mass is 296 g/mol. The molecule has 3 nitrogen and oxygen atoms in total. The third-order valence-electron chi connectivity index (χ3n) is 4.10. The van der Waals surface area contributed by atoms with Gasteiger partial charge in [0.1, 0.15) is 5.54 Å². The summed E-state index contributed by atoms with van der Waals surface area (Å²) in [7, 11) is 1.65. The molecule has 1 unspecified atom stereocenters. The molecule has 0 amide bonds. The van der Waals surface area contributed by atoms with Crippen LogP contribution in [0.25, 0.3) is 0 Å². The van der Waals surface area contributed by atoms with E-state index in [0.29, 0.717) is 0 Å². The first-order valence-electron chi connectivity index (χ1n) is 6.75. The highest BCUT2D eigenvalue weighted by molar-refractivity contribution is 5.79. The van der Waals surface area contributed by atoms with Gasteiger partial charge in [-0.25, -0.2) is 0 Å². The molecule has 2 aliphatic rings. The van der Waals surface area contributed by atoms with Crippen LogP contribution in [0.4, 0.5) is 18.9 Å². The number of anilines is 1. The second-order valence-corrected chi connectivity index (χ2v) is 5.50. The minimum Gasteiger partial charge on any atom is -0.300 e. The molecule has 0 bridgehead atoms. The molecular formula is C15H15F3N2O. The number of benzene rings is 1. The van der Waals surface area contributed by atoms with Crippen molar-refractivity contribution in [1.82, 2.24) is 5.01 Å². The Morgan fingerprint density at radius 3 is 2.52 bits per heavy atom.